The Hall–Kier alpha value is -1.68. The van der Waals surface area contributed by atoms with Crippen molar-refractivity contribution in [3.63, 3.8) is 0 Å². The Morgan fingerprint density at radius 1 is 1.33 bits per heavy atom. The van der Waals surface area contributed by atoms with Gasteiger partial charge in [0.2, 0.25) is 0 Å². The Balaban J connectivity index is 1.71. The number of benzene rings is 1. The van der Waals surface area contributed by atoms with E-state index in [4.69, 9.17) is 0 Å². The van der Waals surface area contributed by atoms with Crippen molar-refractivity contribution in [2.24, 2.45) is 0 Å². The fraction of sp³-hybridized carbons (Fsp3) is 0.357. The number of hydrogen-bond acceptors (Lipinski definition) is 2. The van der Waals surface area contributed by atoms with E-state index in [1.807, 2.05) is 22.9 Å². The van der Waals surface area contributed by atoms with Crippen molar-refractivity contribution < 1.29 is 4.39 Å². The first-order valence-electron chi connectivity index (χ1n) is 6.29. The van der Waals surface area contributed by atoms with Crippen LogP contribution in [0.15, 0.2) is 36.8 Å². The summed E-state index contributed by atoms with van der Waals surface area (Å²) in [6.45, 7) is 1.34. The summed E-state index contributed by atoms with van der Waals surface area (Å²) < 4.78 is 15.6. The summed E-state index contributed by atoms with van der Waals surface area (Å²) in [4.78, 5) is 4.15. The standard InChI is InChI=1S/C14H16FN3/c15-14-4-2-1-3-11(14)9-18-10-16-7-13(18)8-17-12-5-6-12/h1-4,7,10,12,17H,5-6,8-9H2. The number of aromatic nitrogens is 2. The molecule has 18 heavy (non-hydrogen) atoms. The molecule has 1 heterocycles. The van der Waals surface area contributed by atoms with Crippen LogP contribution in [0.3, 0.4) is 0 Å². The van der Waals surface area contributed by atoms with Gasteiger partial charge < -0.3 is 9.88 Å². The number of hydrogen-bond donors (Lipinski definition) is 1. The number of nitrogens with one attached hydrogen (secondary N) is 1. The number of nitrogens with zero attached hydrogens (tertiary/aromatic N) is 2. The molecule has 1 N–H and O–H groups in total. The van der Waals surface area contributed by atoms with Crippen LogP contribution in [0.5, 0.6) is 0 Å². The number of halogens is 1. The molecule has 4 heteroatoms. The van der Waals surface area contributed by atoms with Crippen molar-refractivity contribution in [3.05, 3.63) is 53.9 Å². The Labute approximate surface area is 106 Å². The summed E-state index contributed by atoms with van der Waals surface area (Å²) in [5.74, 6) is -0.160. The van der Waals surface area contributed by atoms with Gasteiger partial charge in [0.15, 0.2) is 0 Å². The lowest BCUT2D eigenvalue weighted by Crippen LogP contribution is -2.18. The molecule has 1 saturated carbocycles. The molecule has 1 aliphatic carbocycles. The summed E-state index contributed by atoms with van der Waals surface area (Å²) in [6, 6.07) is 7.54. The van der Waals surface area contributed by atoms with E-state index >= 15 is 0 Å². The minimum absolute atomic E-state index is 0.160. The van der Waals surface area contributed by atoms with Crippen LogP contribution in [0.1, 0.15) is 24.1 Å². The molecular formula is C14H16FN3. The topological polar surface area (TPSA) is 29.9 Å². The molecule has 1 fully saturated rings. The van der Waals surface area contributed by atoms with E-state index < -0.39 is 0 Å². The first-order valence-corrected chi connectivity index (χ1v) is 6.29. The molecule has 0 atom stereocenters. The van der Waals surface area contributed by atoms with Crippen LogP contribution in [0, 0.1) is 5.82 Å². The number of rotatable bonds is 5. The second-order valence-electron chi connectivity index (χ2n) is 4.76. The normalized spacial score (nSPS) is 14.9. The highest BCUT2D eigenvalue weighted by Crippen LogP contribution is 2.19. The molecular weight excluding hydrogens is 229 g/mol. The highest BCUT2D eigenvalue weighted by Gasteiger charge is 2.20. The van der Waals surface area contributed by atoms with E-state index in [1.165, 1.54) is 18.9 Å². The summed E-state index contributed by atoms with van der Waals surface area (Å²) >= 11 is 0. The van der Waals surface area contributed by atoms with Gasteiger partial charge in [-0.15, -0.1) is 0 Å². The average Bonchev–Trinajstić information content (AvgIpc) is 3.10. The Bertz CT molecular complexity index is 531. The molecule has 2 aromatic rings. The van der Waals surface area contributed by atoms with Crippen LogP contribution in [-0.2, 0) is 13.1 Å². The molecule has 0 amide bonds. The van der Waals surface area contributed by atoms with Crippen molar-refractivity contribution in [1.29, 1.82) is 0 Å². The van der Waals surface area contributed by atoms with Crippen molar-refractivity contribution >= 4 is 0 Å². The second kappa shape index (κ2) is 4.90. The second-order valence-corrected chi connectivity index (χ2v) is 4.76. The molecule has 1 aliphatic rings. The van der Waals surface area contributed by atoms with Crippen LogP contribution < -0.4 is 5.32 Å². The van der Waals surface area contributed by atoms with E-state index in [2.05, 4.69) is 10.3 Å². The highest BCUT2D eigenvalue weighted by atomic mass is 19.1. The molecule has 0 radical (unpaired) electrons. The van der Waals surface area contributed by atoms with Crippen molar-refractivity contribution in [3.8, 4) is 0 Å². The maximum Gasteiger partial charge on any atom is 0.128 e. The van der Waals surface area contributed by atoms with E-state index in [0.29, 0.717) is 18.2 Å². The first kappa shape index (κ1) is 11.4. The molecule has 0 unspecified atom stereocenters. The minimum atomic E-state index is -0.160. The third-order valence-corrected chi connectivity index (χ3v) is 3.25. The van der Waals surface area contributed by atoms with E-state index in [1.54, 1.807) is 12.4 Å². The van der Waals surface area contributed by atoms with Crippen LogP contribution >= 0.6 is 0 Å². The SMILES string of the molecule is Fc1ccccc1Cn1cncc1CNC1CC1. The lowest BCUT2D eigenvalue weighted by molar-refractivity contribution is 0.586. The monoisotopic (exact) mass is 245 g/mol. The Morgan fingerprint density at radius 3 is 2.94 bits per heavy atom. The smallest absolute Gasteiger partial charge is 0.128 e. The number of imidazole rings is 1. The van der Waals surface area contributed by atoms with Crippen LogP contribution in [0.2, 0.25) is 0 Å². The summed E-state index contributed by atoms with van der Waals surface area (Å²) in [5.41, 5.74) is 1.80. The van der Waals surface area contributed by atoms with Crippen molar-refractivity contribution in [1.82, 2.24) is 14.9 Å². The predicted molar refractivity (Wildman–Crippen MR) is 67.6 cm³/mol. The van der Waals surface area contributed by atoms with Gasteiger partial charge in [-0.1, -0.05) is 18.2 Å². The average molecular weight is 245 g/mol. The molecule has 1 aromatic heterocycles. The molecule has 0 aliphatic heterocycles. The van der Waals surface area contributed by atoms with E-state index in [-0.39, 0.29) is 5.82 Å². The van der Waals surface area contributed by atoms with Crippen LogP contribution in [0.25, 0.3) is 0 Å². The maximum absolute atomic E-state index is 13.6. The van der Waals surface area contributed by atoms with Gasteiger partial charge in [0.05, 0.1) is 18.6 Å². The molecule has 0 saturated heterocycles. The molecule has 3 rings (SSSR count). The molecule has 3 nitrogen and oxygen atoms in total. The third-order valence-electron chi connectivity index (χ3n) is 3.25. The van der Waals surface area contributed by atoms with Gasteiger partial charge in [-0.2, -0.15) is 0 Å². The molecule has 94 valence electrons. The zero-order chi connectivity index (χ0) is 12.4. The van der Waals surface area contributed by atoms with Gasteiger partial charge in [-0.05, 0) is 18.9 Å². The lowest BCUT2D eigenvalue weighted by atomic mass is 10.2. The van der Waals surface area contributed by atoms with Gasteiger partial charge >= 0.3 is 0 Å². The van der Waals surface area contributed by atoms with E-state index in [9.17, 15) is 4.39 Å². The van der Waals surface area contributed by atoms with Gasteiger partial charge in [0, 0.05) is 24.3 Å². The summed E-state index contributed by atoms with van der Waals surface area (Å²) in [6.07, 6.45) is 6.13. The van der Waals surface area contributed by atoms with Crippen molar-refractivity contribution in [2.45, 2.75) is 32.0 Å². The zero-order valence-corrected chi connectivity index (χ0v) is 10.1. The van der Waals surface area contributed by atoms with Gasteiger partial charge in [-0.3, -0.25) is 0 Å². The lowest BCUT2D eigenvalue weighted by Gasteiger charge is -2.09. The van der Waals surface area contributed by atoms with Crippen LogP contribution in [-0.4, -0.2) is 15.6 Å². The van der Waals surface area contributed by atoms with Crippen LogP contribution in [0.4, 0.5) is 4.39 Å². The summed E-state index contributed by atoms with van der Waals surface area (Å²) in [7, 11) is 0. The maximum atomic E-state index is 13.6. The van der Waals surface area contributed by atoms with Gasteiger partial charge in [-0.25, -0.2) is 9.37 Å². The Kier molecular flexibility index (Phi) is 3.11. The predicted octanol–water partition coefficient (Wildman–Crippen LogP) is 2.32. The largest absolute Gasteiger partial charge is 0.329 e. The zero-order valence-electron chi connectivity index (χ0n) is 10.1. The van der Waals surface area contributed by atoms with Gasteiger partial charge in [0.25, 0.3) is 0 Å². The summed E-state index contributed by atoms with van der Waals surface area (Å²) in [5, 5.41) is 3.45. The molecule has 1 aromatic carbocycles. The highest BCUT2D eigenvalue weighted by molar-refractivity contribution is 5.18. The fourth-order valence-corrected chi connectivity index (χ4v) is 1.98. The van der Waals surface area contributed by atoms with E-state index in [0.717, 1.165) is 12.2 Å². The van der Waals surface area contributed by atoms with Crippen molar-refractivity contribution in [2.75, 3.05) is 0 Å². The molecule has 0 bridgehead atoms. The molecule has 0 spiro atoms. The van der Waals surface area contributed by atoms with Gasteiger partial charge in [0.1, 0.15) is 5.82 Å². The third kappa shape index (κ3) is 2.59. The Morgan fingerprint density at radius 2 is 2.17 bits per heavy atom. The minimum Gasteiger partial charge on any atom is -0.329 e. The first-order chi connectivity index (χ1) is 8.83. The quantitative estimate of drug-likeness (QED) is 0.876. The fourth-order valence-electron chi connectivity index (χ4n) is 1.98.